The molecule has 0 saturated carbocycles. The van der Waals surface area contributed by atoms with Crippen LogP contribution in [0.4, 0.5) is 17.6 Å². The second kappa shape index (κ2) is 4.96. The number of benzene rings is 1. The van der Waals surface area contributed by atoms with E-state index in [1.165, 1.54) is 12.1 Å². The summed E-state index contributed by atoms with van der Waals surface area (Å²) in [6, 6.07) is 5.06. The summed E-state index contributed by atoms with van der Waals surface area (Å²) in [5, 5.41) is 12.3. The summed E-state index contributed by atoms with van der Waals surface area (Å²) >= 11 is 0. The lowest BCUT2D eigenvalue weighted by Gasteiger charge is -2.11. The highest BCUT2D eigenvalue weighted by molar-refractivity contribution is 5.53. The first-order valence-corrected chi connectivity index (χ1v) is 5.19. The van der Waals surface area contributed by atoms with Crippen LogP contribution in [0.2, 0.25) is 0 Å². The number of nitrogens with zero attached hydrogens (tertiary/aromatic N) is 2. The molecule has 0 aliphatic rings. The van der Waals surface area contributed by atoms with Crippen LogP contribution >= 0.6 is 0 Å². The quantitative estimate of drug-likeness (QED) is 0.874. The van der Waals surface area contributed by atoms with E-state index in [1.54, 1.807) is 0 Å². The van der Waals surface area contributed by atoms with Crippen molar-refractivity contribution in [2.24, 2.45) is 0 Å². The van der Waals surface area contributed by atoms with E-state index in [9.17, 15) is 17.6 Å². The molecule has 102 valence electrons. The number of aliphatic hydroxyl groups is 1. The van der Waals surface area contributed by atoms with E-state index < -0.39 is 24.5 Å². The maximum absolute atomic E-state index is 12.7. The van der Waals surface area contributed by atoms with Crippen LogP contribution in [0.25, 0.3) is 11.4 Å². The Morgan fingerprint density at radius 3 is 2.42 bits per heavy atom. The van der Waals surface area contributed by atoms with Crippen molar-refractivity contribution >= 4 is 0 Å². The van der Waals surface area contributed by atoms with Gasteiger partial charge >= 0.3 is 6.18 Å². The van der Waals surface area contributed by atoms with Crippen LogP contribution in [0.3, 0.4) is 0 Å². The van der Waals surface area contributed by atoms with Gasteiger partial charge in [-0.3, -0.25) is 0 Å². The Bertz CT molecular complexity index is 551. The molecule has 8 heteroatoms. The molecule has 19 heavy (non-hydrogen) atoms. The van der Waals surface area contributed by atoms with Crippen molar-refractivity contribution < 1.29 is 27.2 Å². The average Bonchev–Trinajstić information content (AvgIpc) is 2.77. The molecule has 1 aromatic heterocycles. The van der Waals surface area contributed by atoms with Gasteiger partial charge in [0.2, 0.25) is 11.7 Å². The SMILES string of the molecule is OC(Cc1nc(-c2ccc(F)cc2)no1)C(F)(F)F. The Morgan fingerprint density at radius 1 is 1.21 bits per heavy atom. The number of aromatic nitrogens is 2. The Hall–Kier alpha value is -1.96. The maximum atomic E-state index is 12.7. The van der Waals surface area contributed by atoms with Crippen LogP contribution in [0, 0.1) is 5.82 Å². The lowest BCUT2D eigenvalue weighted by Crippen LogP contribution is -2.30. The van der Waals surface area contributed by atoms with Gasteiger partial charge in [0.05, 0.1) is 6.42 Å². The molecular formula is C11H8F4N2O2. The molecule has 0 aliphatic heterocycles. The van der Waals surface area contributed by atoms with E-state index in [4.69, 9.17) is 5.11 Å². The maximum Gasteiger partial charge on any atom is 0.414 e. The Labute approximate surface area is 104 Å². The third-order valence-corrected chi connectivity index (χ3v) is 2.32. The lowest BCUT2D eigenvalue weighted by atomic mass is 10.2. The molecular weight excluding hydrogens is 268 g/mol. The van der Waals surface area contributed by atoms with Crippen LogP contribution in [-0.4, -0.2) is 27.5 Å². The molecule has 1 aromatic carbocycles. The van der Waals surface area contributed by atoms with Crippen LogP contribution in [-0.2, 0) is 6.42 Å². The number of rotatable bonds is 3. The van der Waals surface area contributed by atoms with Gasteiger partial charge in [0.15, 0.2) is 6.10 Å². The highest BCUT2D eigenvalue weighted by Crippen LogP contribution is 2.23. The van der Waals surface area contributed by atoms with Gasteiger partial charge in [-0.2, -0.15) is 18.2 Å². The number of halogens is 4. The first-order valence-electron chi connectivity index (χ1n) is 5.19. The highest BCUT2D eigenvalue weighted by Gasteiger charge is 2.39. The van der Waals surface area contributed by atoms with Crippen molar-refractivity contribution in [1.82, 2.24) is 10.1 Å². The molecule has 1 unspecified atom stereocenters. The molecule has 0 amide bonds. The molecule has 0 saturated heterocycles. The fourth-order valence-electron chi connectivity index (χ4n) is 1.34. The predicted molar refractivity (Wildman–Crippen MR) is 55.5 cm³/mol. The average molecular weight is 276 g/mol. The third-order valence-electron chi connectivity index (χ3n) is 2.32. The van der Waals surface area contributed by atoms with E-state index in [2.05, 4.69) is 14.7 Å². The van der Waals surface area contributed by atoms with E-state index in [0.29, 0.717) is 5.56 Å². The molecule has 0 spiro atoms. The summed E-state index contributed by atoms with van der Waals surface area (Å²) in [5.74, 6) is -0.770. The van der Waals surface area contributed by atoms with Gasteiger partial charge in [0.1, 0.15) is 5.82 Å². The summed E-state index contributed by atoms with van der Waals surface area (Å²) < 4.78 is 53.7. The van der Waals surface area contributed by atoms with Crippen LogP contribution in [0.5, 0.6) is 0 Å². The Morgan fingerprint density at radius 2 is 1.84 bits per heavy atom. The van der Waals surface area contributed by atoms with Crippen molar-refractivity contribution in [2.45, 2.75) is 18.7 Å². The second-order valence-electron chi connectivity index (χ2n) is 3.78. The largest absolute Gasteiger partial charge is 0.414 e. The van der Waals surface area contributed by atoms with Gasteiger partial charge in [0.25, 0.3) is 0 Å². The summed E-state index contributed by atoms with van der Waals surface area (Å²) in [6.07, 6.45) is -8.13. The van der Waals surface area contributed by atoms with E-state index >= 15 is 0 Å². The zero-order valence-electron chi connectivity index (χ0n) is 9.36. The molecule has 0 bridgehead atoms. The van der Waals surface area contributed by atoms with Crippen LogP contribution < -0.4 is 0 Å². The standard InChI is InChI=1S/C11H8F4N2O2/c12-7-3-1-6(2-4-7)10-16-9(19-17-10)5-8(18)11(13,14)15/h1-4,8,18H,5H2. The summed E-state index contributed by atoms with van der Waals surface area (Å²) in [4.78, 5) is 3.70. The van der Waals surface area contributed by atoms with Gasteiger partial charge in [-0.1, -0.05) is 5.16 Å². The molecule has 4 nitrogen and oxygen atoms in total. The number of hydrogen-bond acceptors (Lipinski definition) is 4. The number of aliphatic hydroxyl groups excluding tert-OH is 1. The van der Waals surface area contributed by atoms with Crippen LogP contribution in [0.15, 0.2) is 28.8 Å². The topological polar surface area (TPSA) is 59.2 Å². The van der Waals surface area contributed by atoms with Crippen LogP contribution in [0.1, 0.15) is 5.89 Å². The third kappa shape index (κ3) is 3.28. The number of alkyl halides is 3. The fourth-order valence-corrected chi connectivity index (χ4v) is 1.34. The normalized spacial score (nSPS) is 13.5. The first kappa shape index (κ1) is 13.5. The fraction of sp³-hybridized carbons (Fsp3) is 0.273. The molecule has 0 aliphatic carbocycles. The van der Waals surface area contributed by atoms with Crippen molar-refractivity contribution in [3.05, 3.63) is 36.0 Å². The molecule has 2 rings (SSSR count). The van der Waals surface area contributed by atoms with Gasteiger partial charge in [-0.05, 0) is 24.3 Å². The van der Waals surface area contributed by atoms with Crippen molar-refractivity contribution in [3.8, 4) is 11.4 Å². The van der Waals surface area contributed by atoms with Crippen molar-refractivity contribution in [1.29, 1.82) is 0 Å². The van der Waals surface area contributed by atoms with E-state index in [-0.39, 0.29) is 11.7 Å². The summed E-state index contributed by atoms with van der Waals surface area (Å²) in [5.41, 5.74) is 0.401. The van der Waals surface area contributed by atoms with E-state index in [0.717, 1.165) is 12.1 Å². The smallest absolute Gasteiger partial charge is 0.383 e. The lowest BCUT2D eigenvalue weighted by molar-refractivity contribution is -0.204. The molecule has 2 aromatic rings. The molecule has 1 heterocycles. The van der Waals surface area contributed by atoms with Crippen molar-refractivity contribution in [3.63, 3.8) is 0 Å². The predicted octanol–water partition coefficient (Wildman–Crippen LogP) is 2.34. The number of hydrogen-bond donors (Lipinski definition) is 1. The second-order valence-corrected chi connectivity index (χ2v) is 3.78. The zero-order valence-corrected chi connectivity index (χ0v) is 9.36. The molecule has 0 fully saturated rings. The minimum Gasteiger partial charge on any atom is -0.383 e. The Kier molecular flexibility index (Phi) is 3.52. The molecule has 1 N–H and O–H groups in total. The first-order chi connectivity index (χ1) is 8.86. The van der Waals surface area contributed by atoms with E-state index in [1.807, 2.05) is 0 Å². The minimum absolute atomic E-state index is 0.0318. The molecule has 1 atom stereocenters. The molecule has 0 radical (unpaired) electrons. The van der Waals surface area contributed by atoms with Gasteiger partial charge in [-0.15, -0.1) is 0 Å². The van der Waals surface area contributed by atoms with Gasteiger partial charge < -0.3 is 9.63 Å². The van der Waals surface area contributed by atoms with Gasteiger partial charge in [-0.25, -0.2) is 4.39 Å². The monoisotopic (exact) mass is 276 g/mol. The highest BCUT2D eigenvalue weighted by atomic mass is 19.4. The summed E-state index contributed by atoms with van der Waals surface area (Å²) in [6.45, 7) is 0. The summed E-state index contributed by atoms with van der Waals surface area (Å²) in [7, 11) is 0. The minimum atomic E-state index is -4.75. The van der Waals surface area contributed by atoms with Crippen molar-refractivity contribution in [2.75, 3.05) is 0 Å². The van der Waals surface area contributed by atoms with Gasteiger partial charge in [0, 0.05) is 5.56 Å². The zero-order chi connectivity index (χ0) is 14.0. The Balaban J connectivity index is 2.13.